The highest BCUT2D eigenvalue weighted by Crippen LogP contribution is 2.24. The van der Waals surface area contributed by atoms with Crippen molar-refractivity contribution >= 4 is 16.9 Å². The zero-order valence-corrected chi connectivity index (χ0v) is 15.1. The van der Waals surface area contributed by atoms with Gasteiger partial charge in [-0.1, -0.05) is 18.2 Å². The van der Waals surface area contributed by atoms with Crippen LogP contribution in [0.15, 0.2) is 36.9 Å². The molecule has 0 saturated heterocycles. The Morgan fingerprint density at radius 1 is 1.35 bits per heavy atom. The number of nitrogens with one attached hydrogen (secondary N) is 2. The van der Waals surface area contributed by atoms with Crippen molar-refractivity contribution in [1.82, 2.24) is 25.2 Å². The lowest BCUT2D eigenvalue weighted by Gasteiger charge is -2.33. The molecule has 0 atom stereocenters. The van der Waals surface area contributed by atoms with Crippen LogP contribution in [0.2, 0.25) is 0 Å². The van der Waals surface area contributed by atoms with E-state index in [4.69, 9.17) is 0 Å². The van der Waals surface area contributed by atoms with Crippen LogP contribution in [0.3, 0.4) is 0 Å². The SMILES string of the molecule is CC(C)N1CCc2c(CNC(=O)c3cncc4[nH]cnc34)cccc2C1. The summed E-state index contributed by atoms with van der Waals surface area (Å²) >= 11 is 0. The molecule has 3 aromatic rings. The topological polar surface area (TPSA) is 73.9 Å². The van der Waals surface area contributed by atoms with Crippen LogP contribution in [-0.2, 0) is 19.5 Å². The van der Waals surface area contributed by atoms with Crippen molar-refractivity contribution in [1.29, 1.82) is 0 Å². The maximum absolute atomic E-state index is 12.6. The molecule has 0 bridgehead atoms. The molecule has 0 saturated carbocycles. The van der Waals surface area contributed by atoms with Crippen molar-refractivity contribution in [2.45, 2.75) is 39.4 Å². The summed E-state index contributed by atoms with van der Waals surface area (Å²) in [6.45, 7) is 7.03. The third-order valence-corrected chi connectivity index (χ3v) is 5.14. The molecule has 26 heavy (non-hydrogen) atoms. The number of rotatable bonds is 4. The molecule has 1 aromatic carbocycles. The Morgan fingerprint density at radius 3 is 3.08 bits per heavy atom. The largest absolute Gasteiger partial charge is 0.348 e. The second-order valence-electron chi connectivity index (χ2n) is 7.04. The van der Waals surface area contributed by atoms with E-state index in [2.05, 4.69) is 57.2 Å². The van der Waals surface area contributed by atoms with Crippen LogP contribution in [0.25, 0.3) is 11.0 Å². The molecule has 1 aliphatic heterocycles. The highest BCUT2D eigenvalue weighted by Gasteiger charge is 2.20. The van der Waals surface area contributed by atoms with Gasteiger partial charge in [-0.3, -0.25) is 14.7 Å². The van der Waals surface area contributed by atoms with Gasteiger partial charge in [-0.2, -0.15) is 0 Å². The van der Waals surface area contributed by atoms with Gasteiger partial charge in [-0.15, -0.1) is 0 Å². The summed E-state index contributed by atoms with van der Waals surface area (Å²) in [5.74, 6) is -0.146. The lowest BCUT2D eigenvalue weighted by atomic mass is 9.93. The number of imidazole rings is 1. The monoisotopic (exact) mass is 349 g/mol. The van der Waals surface area contributed by atoms with Gasteiger partial charge in [0, 0.05) is 31.9 Å². The minimum absolute atomic E-state index is 0.146. The molecule has 1 amide bonds. The van der Waals surface area contributed by atoms with Gasteiger partial charge in [0.05, 0.1) is 23.6 Å². The predicted octanol–water partition coefficient (Wildman–Crippen LogP) is 2.65. The van der Waals surface area contributed by atoms with E-state index < -0.39 is 0 Å². The number of fused-ring (bicyclic) bond motifs is 2. The average molecular weight is 349 g/mol. The number of nitrogens with zero attached hydrogens (tertiary/aromatic N) is 3. The lowest BCUT2D eigenvalue weighted by Crippen LogP contribution is -2.36. The molecule has 0 spiro atoms. The van der Waals surface area contributed by atoms with Crippen LogP contribution in [0.4, 0.5) is 0 Å². The van der Waals surface area contributed by atoms with Crippen LogP contribution in [0, 0.1) is 0 Å². The minimum Gasteiger partial charge on any atom is -0.348 e. The lowest BCUT2D eigenvalue weighted by molar-refractivity contribution is 0.0952. The van der Waals surface area contributed by atoms with E-state index in [0.717, 1.165) is 25.0 Å². The normalized spacial score (nSPS) is 14.6. The molecule has 3 heterocycles. The molecule has 6 nitrogen and oxygen atoms in total. The Balaban J connectivity index is 1.51. The maximum Gasteiger partial charge on any atom is 0.255 e. The number of hydrogen-bond donors (Lipinski definition) is 2. The third-order valence-electron chi connectivity index (χ3n) is 5.14. The summed E-state index contributed by atoms with van der Waals surface area (Å²) in [5, 5.41) is 3.03. The van der Waals surface area contributed by atoms with Crippen molar-refractivity contribution in [3.63, 3.8) is 0 Å². The molecule has 2 aromatic heterocycles. The van der Waals surface area contributed by atoms with E-state index in [1.807, 2.05) is 0 Å². The van der Waals surface area contributed by atoms with E-state index in [1.54, 1.807) is 18.7 Å². The first-order valence-corrected chi connectivity index (χ1v) is 9.02. The van der Waals surface area contributed by atoms with Crippen molar-refractivity contribution in [2.24, 2.45) is 0 Å². The number of pyridine rings is 1. The zero-order chi connectivity index (χ0) is 18.1. The molecular weight excluding hydrogens is 326 g/mol. The number of aromatic nitrogens is 3. The minimum atomic E-state index is -0.146. The van der Waals surface area contributed by atoms with Crippen LogP contribution in [0.1, 0.15) is 40.9 Å². The Bertz CT molecular complexity index is 946. The van der Waals surface area contributed by atoms with Gasteiger partial charge in [0.15, 0.2) is 0 Å². The summed E-state index contributed by atoms with van der Waals surface area (Å²) in [6.07, 6.45) is 5.85. The van der Waals surface area contributed by atoms with Crippen molar-refractivity contribution in [3.05, 3.63) is 59.2 Å². The fourth-order valence-corrected chi connectivity index (χ4v) is 3.62. The van der Waals surface area contributed by atoms with Crippen LogP contribution < -0.4 is 5.32 Å². The number of amides is 1. The second-order valence-corrected chi connectivity index (χ2v) is 7.04. The van der Waals surface area contributed by atoms with Crippen molar-refractivity contribution in [3.8, 4) is 0 Å². The van der Waals surface area contributed by atoms with E-state index in [0.29, 0.717) is 23.7 Å². The third kappa shape index (κ3) is 3.08. The molecule has 134 valence electrons. The summed E-state index contributed by atoms with van der Waals surface area (Å²) in [7, 11) is 0. The Morgan fingerprint density at radius 2 is 2.23 bits per heavy atom. The Hall–Kier alpha value is -2.73. The molecular formula is C20H23N5O. The molecule has 0 aliphatic carbocycles. The van der Waals surface area contributed by atoms with Crippen LogP contribution in [0.5, 0.6) is 0 Å². The number of hydrogen-bond acceptors (Lipinski definition) is 4. The summed E-state index contributed by atoms with van der Waals surface area (Å²) in [6, 6.07) is 6.94. The zero-order valence-electron chi connectivity index (χ0n) is 15.1. The van der Waals surface area contributed by atoms with Crippen molar-refractivity contribution < 1.29 is 4.79 Å². The fraction of sp³-hybridized carbons (Fsp3) is 0.350. The predicted molar refractivity (Wildman–Crippen MR) is 101 cm³/mol. The molecule has 6 heteroatoms. The quantitative estimate of drug-likeness (QED) is 0.759. The number of H-pyrrole nitrogens is 1. The first-order valence-electron chi connectivity index (χ1n) is 9.02. The van der Waals surface area contributed by atoms with E-state index in [-0.39, 0.29) is 5.91 Å². The highest BCUT2D eigenvalue weighted by molar-refractivity contribution is 6.04. The maximum atomic E-state index is 12.6. The van der Waals surface area contributed by atoms with Gasteiger partial charge in [0.2, 0.25) is 0 Å². The molecule has 2 N–H and O–H groups in total. The molecule has 0 fully saturated rings. The van der Waals surface area contributed by atoms with Gasteiger partial charge in [0.1, 0.15) is 5.52 Å². The highest BCUT2D eigenvalue weighted by atomic mass is 16.1. The van der Waals surface area contributed by atoms with Gasteiger partial charge in [-0.25, -0.2) is 4.98 Å². The fourth-order valence-electron chi connectivity index (χ4n) is 3.62. The van der Waals surface area contributed by atoms with Crippen LogP contribution in [-0.4, -0.2) is 38.3 Å². The molecule has 4 rings (SSSR count). The standard InChI is InChI=1S/C20H23N5O/c1-13(2)25-7-6-16-14(4-3-5-15(16)11-25)8-22-20(26)17-9-21-10-18-19(17)24-12-23-18/h3-5,9-10,12-13H,6-8,11H2,1-2H3,(H,22,26)(H,23,24). The van der Waals surface area contributed by atoms with Gasteiger partial charge in [0.25, 0.3) is 5.91 Å². The summed E-state index contributed by atoms with van der Waals surface area (Å²) in [4.78, 5) is 26.4. The number of carbonyl (C=O) groups excluding carboxylic acids is 1. The first kappa shape index (κ1) is 16.7. The summed E-state index contributed by atoms with van der Waals surface area (Å²) < 4.78 is 0. The average Bonchev–Trinajstić information content (AvgIpc) is 3.14. The van der Waals surface area contributed by atoms with Crippen molar-refractivity contribution in [2.75, 3.05) is 6.54 Å². The van der Waals surface area contributed by atoms with Gasteiger partial charge in [-0.05, 0) is 37.0 Å². The Kier molecular flexibility index (Phi) is 4.42. The summed E-state index contributed by atoms with van der Waals surface area (Å²) in [5.41, 5.74) is 5.86. The van der Waals surface area contributed by atoms with E-state index in [9.17, 15) is 4.79 Å². The van der Waals surface area contributed by atoms with E-state index >= 15 is 0 Å². The van der Waals surface area contributed by atoms with E-state index in [1.165, 1.54) is 16.7 Å². The van der Waals surface area contributed by atoms with Gasteiger partial charge < -0.3 is 10.3 Å². The smallest absolute Gasteiger partial charge is 0.255 e. The Labute approximate surface area is 152 Å². The molecule has 1 aliphatic rings. The molecule has 0 radical (unpaired) electrons. The number of benzene rings is 1. The first-order chi connectivity index (χ1) is 12.6. The number of carbonyl (C=O) groups is 1. The number of aromatic amines is 1. The molecule has 0 unspecified atom stereocenters. The van der Waals surface area contributed by atoms with Gasteiger partial charge >= 0.3 is 0 Å². The second kappa shape index (κ2) is 6.88. The van der Waals surface area contributed by atoms with Crippen LogP contribution >= 0.6 is 0 Å².